The number of methoxy groups -OCH3 is 1. The molecular weight excluding hydrogens is 290 g/mol. The maximum Gasteiger partial charge on any atom is 0.237 e. The van der Waals surface area contributed by atoms with Gasteiger partial charge in [-0.1, -0.05) is 37.6 Å². The van der Waals surface area contributed by atoms with Crippen LogP contribution in [0.4, 0.5) is 0 Å². The number of carbonyl (C=O) groups excluding carboxylic acids is 1. The first-order chi connectivity index (χ1) is 11.2. The lowest BCUT2D eigenvalue weighted by atomic mass is 10.1. The summed E-state index contributed by atoms with van der Waals surface area (Å²) < 4.78 is 7.38. The molecule has 3 rings (SSSR count). The molecule has 0 spiro atoms. The normalized spacial score (nSPS) is 10.9. The van der Waals surface area contributed by atoms with Crippen LogP contribution >= 0.6 is 0 Å². The summed E-state index contributed by atoms with van der Waals surface area (Å²) in [5.41, 5.74) is 4.33. The number of fused-ring (bicyclic) bond motifs is 1. The van der Waals surface area contributed by atoms with Crippen molar-refractivity contribution >= 4 is 12.1 Å². The third-order valence-corrected chi connectivity index (χ3v) is 3.98. The molecule has 0 N–H and O–H groups in total. The van der Waals surface area contributed by atoms with Gasteiger partial charge in [-0.25, -0.2) is 4.98 Å². The summed E-state index contributed by atoms with van der Waals surface area (Å²) in [4.78, 5) is 20.3. The van der Waals surface area contributed by atoms with Gasteiger partial charge < -0.3 is 4.74 Å². The minimum atomic E-state index is 0.589. The Hall–Kier alpha value is -2.69. The number of hydrogen-bond acceptors (Lipinski definition) is 4. The molecule has 2 heterocycles. The van der Waals surface area contributed by atoms with Gasteiger partial charge in [-0.15, -0.1) is 0 Å². The number of aromatic nitrogens is 3. The van der Waals surface area contributed by atoms with Crippen LogP contribution < -0.4 is 4.74 Å². The minimum Gasteiger partial charge on any atom is -0.481 e. The van der Waals surface area contributed by atoms with Crippen molar-refractivity contribution in [2.75, 3.05) is 7.11 Å². The van der Waals surface area contributed by atoms with E-state index in [4.69, 9.17) is 4.74 Å². The average molecular weight is 309 g/mol. The second kappa shape index (κ2) is 6.20. The summed E-state index contributed by atoms with van der Waals surface area (Å²) in [6.07, 6.45) is 4.72. The lowest BCUT2D eigenvalue weighted by Gasteiger charge is -2.11. The predicted octanol–water partition coefficient (Wildman–Crippen LogP) is 3.48. The smallest absolute Gasteiger partial charge is 0.237 e. The van der Waals surface area contributed by atoms with Crippen LogP contribution in [0.1, 0.15) is 35.0 Å². The summed E-state index contributed by atoms with van der Waals surface area (Å²) >= 11 is 0. The van der Waals surface area contributed by atoms with Gasteiger partial charge in [0.2, 0.25) is 11.7 Å². The number of carbonyl (C=O) groups is 1. The maximum atomic E-state index is 11.3. The first-order valence-electron chi connectivity index (χ1n) is 7.66. The van der Waals surface area contributed by atoms with E-state index in [2.05, 4.69) is 16.9 Å². The zero-order valence-corrected chi connectivity index (χ0v) is 13.5. The van der Waals surface area contributed by atoms with E-state index in [1.165, 1.54) is 0 Å². The summed E-state index contributed by atoms with van der Waals surface area (Å²) in [5.74, 6) is 1.19. The molecule has 0 saturated carbocycles. The van der Waals surface area contributed by atoms with E-state index in [-0.39, 0.29) is 0 Å². The van der Waals surface area contributed by atoms with Crippen LogP contribution in [0.15, 0.2) is 30.5 Å². The number of aryl methyl sites for hydroxylation is 1. The van der Waals surface area contributed by atoms with E-state index < -0.39 is 0 Å². The first kappa shape index (κ1) is 15.2. The van der Waals surface area contributed by atoms with Gasteiger partial charge in [0.25, 0.3) is 0 Å². The Labute approximate surface area is 135 Å². The molecule has 2 aromatic heterocycles. The average Bonchev–Trinajstić information content (AvgIpc) is 3.00. The fourth-order valence-corrected chi connectivity index (χ4v) is 2.83. The molecule has 0 bridgehead atoms. The number of rotatable bonds is 5. The van der Waals surface area contributed by atoms with E-state index in [1.54, 1.807) is 13.2 Å². The molecule has 0 fully saturated rings. The minimum absolute atomic E-state index is 0.589. The second-order valence-corrected chi connectivity index (χ2v) is 5.44. The Balaban J connectivity index is 2.26. The summed E-state index contributed by atoms with van der Waals surface area (Å²) in [7, 11) is 1.62. The quantitative estimate of drug-likeness (QED) is 0.677. The van der Waals surface area contributed by atoms with Crippen molar-refractivity contribution in [2.45, 2.75) is 26.7 Å². The molecular formula is C18H19N3O2. The van der Waals surface area contributed by atoms with Crippen molar-refractivity contribution in [3.05, 3.63) is 47.3 Å². The molecule has 23 heavy (non-hydrogen) atoms. The highest BCUT2D eigenvalue weighted by atomic mass is 16.5. The van der Waals surface area contributed by atoms with E-state index in [1.807, 2.05) is 35.7 Å². The van der Waals surface area contributed by atoms with E-state index in [0.29, 0.717) is 17.2 Å². The number of benzene rings is 1. The van der Waals surface area contributed by atoms with Crippen molar-refractivity contribution in [2.24, 2.45) is 0 Å². The van der Waals surface area contributed by atoms with Gasteiger partial charge >= 0.3 is 0 Å². The van der Waals surface area contributed by atoms with E-state index in [0.717, 1.165) is 41.6 Å². The van der Waals surface area contributed by atoms with Gasteiger partial charge in [-0.3, -0.25) is 9.20 Å². The number of ether oxygens (including phenoxy) is 1. The zero-order chi connectivity index (χ0) is 16.4. The van der Waals surface area contributed by atoms with Crippen molar-refractivity contribution < 1.29 is 9.53 Å². The molecule has 0 aliphatic heterocycles. The Morgan fingerprint density at radius 3 is 2.74 bits per heavy atom. The van der Waals surface area contributed by atoms with E-state index in [9.17, 15) is 4.79 Å². The largest absolute Gasteiger partial charge is 0.481 e. The van der Waals surface area contributed by atoms with Crippen LogP contribution in [0.2, 0.25) is 0 Å². The highest BCUT2D eigenvalue weighted by Gasteiger charge is 2.16. The monoisotopic (exact) mass is 309 g/mol. The van der Waals surface area contributed by atoms with Crippen LogP contribution in [0.3, 0.4) is 0 Å². The fraction of sp³-hybridized carbons (Fsp3) is 0.278. The highest BCUT2D eigenvalue weighted by molar-refractivity contribution is 5.86. The van der Waals surface area contributed by atoms with Crippen molar-refractivity contribution in [1.82, 2.24) is 14.4 Å². The Bertz CT molecular complexity index is 868. The van der Waals surface area contributed by atoms with Crippen molar-refractivity contribution in [3.63, 3.8) is 0 Å². The highest BCUT2D eigenvalue weighted by Crippen LogP contribution is 2.26. The number of imidazole rings is 1. The van der Waals surface area contributed by atoms with Gasteiger partial charge in [0.05, 0.1) is 12.8 Å². The lowest BCUT2D eigenvalue weighted by molar-refractivity contribution is 0.112. The number of nitrogens with zero attached hydrogens (tertiary/aromatic N) is 3. The van der Waals surface area contributed by atoms with E-state index >= 15 is 0 Å². The third-order valence-electron chi connectivity index (χ3n) is 3.98. The van der Waals surface area contributed by atoms with Gasteiger partial charge in [0.1, 0.15) is 0 Å². The maximum absolute atomic E-state index is 11.3. The fourth-order valence-electron chi connectivity index (χ4n) is 2.83. The third kappa shape index (κ3) is 2.59. The van der Waals surface area contributed by atoms with Crippen molar-refractivity contribution in [3.8, 4) is 17.1 Å². The lowest BCUT2D eigenvalue weighted by Crippen LogP contribution is -2.04. The first-order valence-corrected chi connectivity index (χ1v) is 7.66. The van der Waals surface area contributed by atoms with Gasteiger partial charge in [0, 0.05) is 28.6 Å². The number of hydrogen-bond donors (Lipinski definition) is 0. The topological polar surface area (TPSA) is 56.5 Å². The van der Waals surface area contributed by atoms with Crippen molar-refractivity contribution in [1.29, 1.82) is 0 Å². The Kier molecular flexibility index (Phi) is 4.10. The van der Waals surface area contributed by atoms with Crippen LogP contribution in [-0.4, -0.2) is 27.8 Å². The molecule has 1 aromatic carbocycles. The number of aldehydes is 1. The molecule has 0 unspecified atom stereocenters. The predicted molar refractivity (Wildman–Crippen MR) is 89.1 cm³/mol. The van der Waals surface area contributed by atoms with Crippen LogP contribution in [0.5, 0.6) is 5.88 Å². The van der Waals surface area contributed by atoms with Crippen LogP contribution in [-0.2, 0) is 6.42 Å². The molecule has 5 heteroatoms. The summed E-state index contributed by atoms with van der Waals surface area (Å²) in [6, 6.07) is 7.43. The second-order valence-electron chi connectivity index (χ2n) is 5.44. The summed E-state index contributed by atoms with van der Waals surface area (Å²) in [6.45, 7) is 4.15. The molecule has 3 aromatic rings. The molecule has 0 radical (unpaired) electrons. The zero-order valence-electron chi connectivity index (χ0n) is 13.5. The van der Waals surface area contributed by atoms with Crippen LogP contribution in [0, 0.1) is 6.92 Å². The Morgan fingerprint density at radius 2 is 2.04 bits per heavy atom. The molecule has 0 aliphatic rings. The van der Waals surface area contributed by atoms with Crippen LogP contribution in [0.25, 0.3) is 17.0 Å². The Morgan fingerprint density at radius 1 is 1.26 bits per heavy atom. The molecule has 0 amide bonds. The molecule has 5 nitrogen and oxygen atoms in total. The van der Waals surface area contributed by atoms with Gasteiger partial charge in [0.15, 0.2) is 6.29 Å². The SMILES string of the molecule is CCCc1c(C)c(OC)nc2nc(-c3ccccc3C=O)cn12. The molecule has 118 valence electrons. The molecule has 0 atom stereocenters. The standard InChI is InChI=1S/C18H19N3O2/c1-4-7-16-12(2)17(23-3)20-18-19-15(10-21(16)18)14-9-6-5-8-13(14)11-22/h5-6,8-11H,4,7H2,1-3H3. The van der Waals surface area contributed by atoms with Gasteiger partial charge in [-0.05, 0) is 13.3 Å². The van der Waals surface area contributed by atoms with Gasteiger partial charge in [-0.2, -0.15) is 4.98 Å². The molecule has 0 aliphatic carbocycles. The summed E-state index contributed by atoms with van der Waals surface area (Å²) in [5, 5.41) is 0. The molecule has 0 saturated heterocycles.